The van der Waals surface area contributed by atoms with Crippen LogP contribution in [-0.2, 0) is 0 Å². The van der Waals surface area contributed by atoms with Crippen LogP contribution in [0.1, 0.15) is 26.8 Å². The smallest absolute Gasteiger partial charge is 0.263 e. The second-order valence-electron chi connectivity index (χ2n) is 6.45. The summed E-state index contributed by atoms with van der Waals surface area (Å²) in [4.78, 5) is 22.3. The highest BCUT2D eigenvalue weighted by Crippen LogP contribution is 2.47. The lowest BCUT2D eigenvalue weighted by atomic mass is 10.2. The van der Waals surface area contributed by atoms with Gasteiger partial charge in [0.1, 0.15) is 4.88 Å². The molecule has 2 heterocycles. The minimum absolute atomic E-state index is 0.0203. The van der Waals surface area contributed by atoms with Gasteiger partial charge in [-0.05, 0) is 44.5 Å². The molecule has 2 aromatic carbocycles. The number of aryl methyl sites for hydroxylation is 2. The maximum atomic E-state index is 12.4. The molecule has 4 rings (SSSR count). The number of carbonyl (C=O) groups is 1. The molecule has 1 N–H and O–H groups in total. The second kappa shape index (κ2) is 7.74. The Labute approximate surface area is 167 Å². The molecule has 0 saturated carbocycles. The first-order chi connectivity index (χ1) is 13.1. The number of nitrogens with one attached hydrogen (secondary N) is 1. The number of thiazole rings is 1. The highest BCUT2D eigenvalue weighted by molar-refractivity contribution is 7.99. The normalized spacial score (nSPS) is 12.4. The first-order valence-electron chi connectivity index (χ1n) is 8.99. The number of anilines is 2. The van der Waals surface area contributed by atoms with Crippen molar-refractivity contribution in [3.8, 4) is 0 Å². The van der Waals surface area contributed by atoms with Crippen molar-refractivity contribution in [3.05, 3.63) is 64.1 Å². The average Bonchev–Trinajstić information content (AvgIpc) is 3.02. The molecule has 6 heteroatoms. The van der Waals surface area contributed by atoms with Gasteiger partial charge >= 0.3 is 0 Å². The van der Waals surface area contributed by atoms with Gasteiger partial charge in [-0.15, -0.1) is 11.3 Å². The van der Waals surface area contributed by atoms with Gasteiger partial charge in [-0.1, -0.05) is 36.0 Å². The Hall–Kier alpha value is -2.31. The monoisotopic (exact) mass is 395 g/mol. The maximum Gasteiger partial charge on any atom is 0.263 e. The van der Waals surface area contributed by atoms with Crippen LogP contribution in [0.25, 0.3) is 0 Å². The number of rotatable bonds is 5. The van der Waals surface area contributed by atoms with Gasteiger partial charge in [-0.2, -0.15) is 0 Å². The molecule has 1 aliphatic rings. The second-order valence-corrected chi connectivity index (χ2v) is 8.73. The molecular weight excluding hydrogens is 374 g/mol. The van der Waals surface area contributed by atoms with Crippen molar-refractivity contribution in [2.24, 2.45) is 0 Å². The fraction of sp³-hybridized carbons (Fsp3) is 0.238. The first-order valence-corrected chi connectivity index (χ1v) is 10.6. The summed E-state index contributed by atoms with van der Waals surface area (Å²) in [5.41, 5.74) is 3.29. The SMILES string of the molecule is Cc1nc(C)c(C(=O)NCCCN2c3ccccc3Sc3ccccc32)s1. The van der Waals surface area contributed by atoms with Gasteiger partial charge in [0.25, 0.3) is 5.91 Å². The lowest BCUT2D eigenvalue weighted by molar-refractivity contribution is 0.0956. The number of aromatic nitrogens is 1. The van der Waals surface area contributed by atoms with E-state index in [0.29, 0.717) is 6.54 Å². The van der Waals surface area contributed by atoms with Crippen LogP contribution in [0.3, 0.4) is 0 Å². The number of hydrogen-bond acceptors (Lipinski definition) is 5. The molecule has 0 bridgehead atoms. The molecule has 138 valence electrons. The van der Waals surface area contributed by atoms with Crippen LogP contribution in [0, 0.1) is 13.8 Å². The van der Waals surface area contributed by atoms with E-state index in [1.807, 2.05) is 25.6 Å². The van der Waals surface area contributed by atoms with E-state index in [4.69, 9.17) is 0 Å². The Morgan fingerprint density at radius 3 is 2.26 bits per heavy atom. The zero-order valence-electron chi connectivity index (χ0n) is 15.4. The van der Waals surface area contributed by atoms with Crippen molar-refractivity contribution in [2.45, 2.75) is 30.1 Å². The predicted octanol–water partition coefficient (Wildman–Crippen LogP) is 5.18. The molecule has 0 atom stereocenters. The Kier molecular flexibility index (Phi) is 5.18. The van der Waals surface area contributed by atoms with Crippen molar-refractivity contribution in [1.82, 2.24) is 10.3 Å². The Morgan fingerprint density at radius 2 is 1.67 bits per heavy atom. The van der Waals surface area contributed by atoms with E-state index in [1.165, 1.54) is 32.5 Å². The number of carbonyl (C=O) groups excluding carboxylic acids is 1. The third-order valence-electron chi connectivity index (χ3n) is 4.49. The molecule has 0 saturated heterocycles. The topological polar surface area (TPSA) is 45.2 Å². The summed E-state index contributed by atoms with van der Waals surface area (Å²) in [6, 6.07) is 17.0. The molecule has 0 aliphatic carbocycles. The van der Waals surface area contributed by atoms with Crippen molar-refractivity contribution in [3.63, 3.8) is 0 Å². The summed E-state index contributed by atoms with van der Waals surface area (Å²) in [5.74, 6) is -0.0203. The van der Waals surface area contributed by atoms with Crippen LogP contribution in [0.2, 0.25) is 0 Å². The molecule has 0 radical (unpaired) electrons. The molecule has 1 amide bonds. The highest BCUT2D eigenvalue weighted by atomic mass is 32.2. The van der Waals surface area contributed by atoms with Crippen molar-refractivity contribution >= 4 is 40.4 Å². The number of benzene rings is 2. The minimum Gasteiger partial charge on any atom is -0.351 e. The molecule has 4 nitrogen and oxygen atoms in total. The van der Waals surface area contributed by atoms with Crippen molar-refractivity contribution in [1.29, 1.82) is 0 Å². The van der Waals surface area contributed by atoms with Crippen LogP contribution in [0.5, 0.6) is 0 Å². The molecule has 0 fully saturated rings. The number of hydrogen-bond donors (Lipinski definition) is 1. The first kappa shape index (κ1) is 18.1. The average molecular weight is 396 g/mol. The molecule has 3 aromatic rings. The van der Waals surface area contributed by atoms with Crippen LogP contribution in [-0.4, -0.2) is 24.0 Å². The summed E-state index contributed by atoms with van der Waals surface area (Å²) in [7, 11) is 0. The minimum atomic E-state index is -0.0203. The van der Waals surface area contributed by atoms with Crippen LogP contribution >= 0.6 is 23.1 Å². The molecule has 1 aromatic heterocycles. The summed E-state index contributed by atoms with van der Waals surface area (Å²) in [6.07, 6.45) is 0.871. The van der Waals surface area contributed by atoms with E-state index in [2.05, 4.69) is 63.7 Å². The van der Waals surface area contributed by atoms with E-state index in [0.717, 1.165) is 28.5 Å². The summed E-state index contributed by atoms with van der Waals surface area (Å²) < 4.78 is 0. The van der Waals surface area contributed by atoms with E-state index in [9.17, 15) is 4.79 Å². The van der Waals surface area contributed by atoms with Gasteiger partial charge in [-0.25, -0.2) is 4.98 Å². The Morgan fingerprint density at radius 1 is 1.04 bits per heavy atom. The summed E-state index contributed by atoms with van der Waals surface area (Å²) >= 11 is 3.27. The zero-order chi connectivity index (χ0) is 18.8. The van der Waals surface area contributed by atoms with Crippen molar-refractivity contribution in [2.75, 3.05) is 18.0 Å². The van der Waals surface area contributed by atoms with E-state index in [1.54, 1.807) is 0 Å². The zero-order valence-corrected chi connectivity index (χ0v) is 17.0. The van der Waals surface area contributed by atoms with Crippen LogP contribution in [0.4, 0.5) is 11.4 Å². The van der Waals surface area contributed by atoms with E-state index >= 15 is 0 Å². The number of fused-ring (bicyclic) bond motifs is 2. The number of amides is 1. The molecule has 27 heavy (non-hydrogen) atoms. The number of nitrogens with zero attached hydrogens (tertiary/aromatic N) is 2. The summed E-state index contributed by atoms with van der Waals surface area (Å²) in [6.45, 7) is 5.31. The van der Waals surface area contributed by atoms with Gasteiger partial charge in [0, 0.05) is 22.9 Å². The third kappa shape index (κ3) is 3.73. The predicted molar refractivity (Wildman–Crippen MR) is 113 cm³/mol. The quantitative estimate of drug-likeness (QED) is 0.605. The van der Waals surface area contributed by atoms with Gasteiger partial charge in [-0.3, -0.25) is 4.79 Å². The lowest BCUT2D eigenvalue weighted by Crippen LogP contribution is -2.28. The number of para-hydroxylation sites is 2. The summed E-state index contributed by atoms with van der Waals surface area (Å²) in [5, 5.41) is 3.97. The fourth-order valence-electron chi connectivity index (χ4n) is 3.28. The molecule has 1 aliphatic heterocycles. The Balaban J connectivity index is 1.43. The fourth-order valence-corrected chi connectivity index (χ4v) is 5.22. The standard InChI is InChI=1S/C21H21N3OS2/c1-14-20(26-15(2)23-14)21(25)22-12-7-13-24-16-8-3-5-10-18(16)27-19-11-6-4-9-17(19)24/h3-6,8-11H,7,12-13H2,1-2H3,(H,22,25). The molecule has 0 spiro atoms. The van der Waals surface area contributed by atoms with Crippen molar-refractivity contribution < 1.29 is 4.79 Å². The van der Waals surface area contributed by atoms with Gasteiger partial charge in [0.05, 0.1) is 22.1 Å². The van der Waals surface area contributed by atoms with Gasteiger partial charge in [0.2, 0.25) is 0 Å². The highest BCUT2D eigenvalue weighted by Gasteiger charge is 2.22. The largest absolute Gasteiger partial charge is 0.351 e. The van der Waals surface area contributed by atoms with Crippen LogP contribution in [0.15, 0.2) is 58.3 Å². The van der Waals surface area contributed by atoms with Gasteiger partial charge < -0.3 is 10.2 Å². The Bertz CT molecular complexity index is 938. The van der Waals surface area contributed by atoms with Crippen LogP contribution < -0.4 is 10.2 Å². The lowest BCUT2D eigenvalue weighted by Gasteiger charge is -2.32. The molecule has 0 unspecified atom stereocenters. The third-order valence-corrected chi connectivity index (χ3v) is 6.69. The maximum absolute atomic E-state index is 12.4. The van der Waals surface area contributed by atoms with E-state index in [-0.39, 0.29) is 5.91 Å². The van der Waals surface area contributed by atoms with E-state index < -0.39 is 0 Å². The molecular formula is C21H21N3OS2. The van der Waals surface area contributed by atoms with Gasteiger partial charge in [0.15, 0.2) is 0 Å².